The highest BCUT2D eigenvalue weighted by atomic mass is 35.5. The van der Waals surface area contributed by atoms with Gasteiger partial charge in [-0.05, 0) is 18.6 Å². The average molecular weight is 294 g/mol. The summed E-state index contributed by atoms with van der Waals surface area (Å²) < 4.78 is 30.7. The van der Waals surface area contributed by atoms with Gasteiger partial charge in [0.1, 0.15) is 5.75 Å². The molecule has 7 heteroatoms. The molecule has 0 heterocycles. The highest BCUT2D eigenvalue weighted by Gasteiger charge is 2.13. The van der Waals surface area contributed by atoms with E-state index in [2.05, 4.69) is 4.72 Å². The van der Waals surface area contributed by atoms with Crippen LogP contribution in [0.2, 0.25) is 5.02 Å². The molecule has 0 bridgehead atoms. The molecule has 0 aromatic heterocycles. The van der Waals surface area contributed by atoms with Crippen LogP contribution < -0.4 is 9.46 Å². The van der Waals surface area contributed by atoms with Gasteiger partial charge in [0.05, 0.1) is 12.9 Å². The van der Waals surface area contributed by atoms with Gasteiger partial charge >= 0.3 is 0 Å². The van der Waals surface area contributed by atoms with Crippen molar-refractivity contribution < 1.29 is 18.3 Å². The minimum atomic E-state index is -3.41. The number of nitrogens with one attached hydrogen (secondary N) is 1. The van der Waals surface area contributed by atoms with Crippen LogP contribution in [0.5, 0.6) is 5.75 Å². The van der Waals surface area contributed by atoms with Crippen molar-refractivity contribution in [3.8, 4) is 5.75 Å². The number of hydrogen-bond acceptors (Lipinski definition) is 4. The molecule has 0 atom stereocenters. The summed E-state index contributed by atoms with van der Waals surface area (Å²) in [5, 5.41) is 9.05. The van der Waals surface area contributed by atoms with Gasteiger partial charge in [-0.3, -0.25) is 0 Å². The van der Waals surface area contributed by atoms with Crippen LogP contribution in [0.15, 0.2) is 18.2 Å². The molecule has 1 aromatic carbocycles. The van der Waals surface area contributed by atoms with E-state index in [0.29, 0.717) is 16.3 Å². The molecule has 0 aliphatic carbocycles. The Labute approximate surface area is 112 Å². The summed E-state index contributed by atoms with van der Waals surface area (Å²) in [6, 6.07) is 5.11. The zero-order valence-electron chi connectivity index (χ0n) is 10.0. The predicted octanol–water partition coefficient (Wildman–Crippen LogP) is 1.15. The molecule has 0 fully saturated rings. The van der Waals surface area contributed by atoms with E-state index in [-0.39, 0.29) is 25.3 Å². The molecule has 0 radical (unpaired) electrons. The Bertz CT molecular complexity index is 490. The maximum Gasteiger partial charge on any atom is 0.211 e. The fourth-order valence-electron chi connectivity index (χ4n) is 1.41. The Kier molecular flexibility index (Phi) is 5.87. The van der Waals surface area contributed by atoms with Gasteiger partial charge in [-0.1, -0.05) is 17.7 Å². The first kappa shape index (κ1) is 15.2. The molecule has 0 saturated carbocycles. The molecule has 0 aliphatic rings. The van der Waals surface area contributed by atoms with Gasteiger partial charge in [0.2, 0.25) is 10.0 Å². The molecule has 2 N–H and O–H groups in total. The van der Waals surface area contributed by atoms with Crippen molar-refractivity contribution in [1.82, 2.24) is 4.72 Å². The van der Waals surface area contributed by atoms with Gasteiger partial charge in [-0.2, -0.15) is 0 Å². The molecular weight excluding hydrogens is 278 g/mol. The van der Waals surface area contributed by atoms with E-state index >= 15 is 0 Å². The van der Waals surface area contributed by atoms with E-state index in [1.807, 2.05) is 0 Å². The lowest BCUT2D eigenvalue weighted by Crippen LogP contribution is -2.26. The van der Waals surface area contributed by atoms with Crippen molar-refractivity contribution in [2.45, 2.75) is 13.0 Å². The zero-order valence-corrected chi connectivity index (χ0v) is 11.6. The largest absolute Gasteiger partial charge is 0.496 e. The lowest BCUT2D eigenvalue weighted by Gasteiger charge is -2.11. The van der Waals surface area contributed by atoms with Gasteiger partial charge in [0.15, 0.2) is 0 Å². The van der Waals surface area contributed by atoms with Crippen LogP contribution in [-0.2, 0) is 16.6 Å². The van der Waals surface area contributed by atoms with E-state index in [9.17, 15) is 8.42 Å². The number of hydrogen-bond donors (Lipinski definition) is 2. The first-order valence-electron chi connectivity index (χ1n) is 5.39. The number of aliphatic hydroxyl groups excluding tert-OH is 1. The smallest absolute Gasteiger partial charge is 0.211 e. The summed E-state index contributed by atoms with van der Waals surface area (Å²) in [6.45, 7) is -0.0903. The minimum absolute atomic E-state index is 0.0661. The van der Waals surface area contributed by atoms with E-state index in [4.69, 9.17) is 21.4 Å². The first-order valence-corrected chi connectivity index (χ1v) is 7.43. The lowest BCUT2D eigenvalue weighted by atomic mass is 10.2. The normalized spacial score (nSPS) is 11.5. The summed E-state index contributed by atoms with van der Waals surface area (Å²) >= 11 is 5.99. The second-order valence-corrected chi connectivity index (χ2v) is 5.97. The van der Waals surface area contributed by atoms with Crippen LogP contribution >= 0.6 is 11.6 Å². The van der Waals surface area contributed by atoms with Gasteiger partial charge in [-0.25, -0.2) is 13.1 Å². The van der Waals surface area contributed by atoms with Crippen LogP contribution in [0.25, 0.3) is 0 Å². The van der Waals surface area contributed by atoms with Crippen molar-refractivity contribution in [2.75, 3.05) is 19.5 Å². The highest BCUT2D eigenvalue weighted by Crippen LogP contribution is 2.26. The van der Waals surface area contributed by atoms with Crippen molar-refractivity contribution in [2.24, 2.45) is 0 Å². The number of benzene rings is 1. The predicted molar refractivity (Wildman–Crippen MR) is 70.3 cm³/mol. The number of methoxy groups -OCH3 is 1. The van der Waals surface area contributed by atoms with Crippen molar-refractivity contribution in [3.05, 3.63) is 28.8 Å². The number of halogens is 1. The molecule has 0 unspecified atom stereocenters. The molecule has 0 aliphatic heterocycles. The molecule has 1 rings (SSSR count). The van der Waals surface area contributed by atoms with Crippen LogP contribution in [0.4, 0.5) is 0 Å². The van der Waals surface area contributed by atoms with Crippen molar-refractivity contribution in [3.63, 3.8) is 0 Å². The fourth-order valence-corrected chi connectivity index (χ4v) is 2.66. The van der Waals surface area contributed by atoms with Crippen LogP contribution in [0.3, 0.4) is 0 Å². The molecule has 0 amide bonds. The number of rotatable bonds is 7. The van der Waals surface area contributed by atoms with Gasteiger partial charge in [-0.15, -0.1) is 0 Å². The molecule has 18 heavy (non-hydrogen) atoms. The van der Waals surface area contributed by atoms with Crippen LogP contribution in [0.1, 0.15) is 12.0 Å². The zero-order chi connectivity index (χ0) is 13.6. The summed E-state index contributed by atoms with van der Waals surface area (Å²) in [4.78, 5) is 0. The summed E-state index contributed by atoms with van der Waals surface area (Å²) in [5.41, 5.74) is 0.592. The Hall–Kier alpha value is -0.820. The Morgan fingerprint density at radius 1 is 1.44 bits per heavy atom. The standard InChI is InChI=1S/C11H16ClNO4S/c1-17-11-5-2-4-10(12)9(11)8-13-18(15,16)7-3-6-14/h2,4-5,13-14H,3,6-8H2,1H3. The third-order valence-corrected chi connectivity index (χ3v) is 4.10. The Balaban J connectivity index is 2.74. The second kappa shape index (κ2) is 6.94. The maximum atomic E-state index is 11.6. The topological polar surface area (TPSA) is 75.6 Å². The van der Waals surface area contributed by atoms with Gasteiger partial charge < -0.3 is 9.84 Å². The molecular formula is C11H16ClNO4S. The number of aliphatic hydroxyl groups is 1. The van der Waals surface area contributed by atoms with Gasteiger partial charge in [0.25, 0.3) is 0 Å². The number of sulfonamides is 1. The molecule has 0 spiro atoms. The van der Waals surface area contributed by atoms with E-state index in [1.165, 1.54) is 7.11 Å². The average Bonchev–Trinajstić information content (AvgIpc) is 2.34. The third-order valence-electron chi connectivity index (χ3n) is 2.34. The first-order chi connectivity index (χ1) is 8.50. The molecule has 1 aromatic rings. The van der Waals surface area contributed by atoms with E-state index < -0.39 is 10.0 Å². The summed E-state index contributed by atoms with van der Waals surface area (Å²) in [6.07, 6.45) is 0.203. The molecule has 102 valence electrons. The molecule has 5 nitrogen and oxygen atoms in total. The highest BCUT2D eigenvalue weighted by molar-refractivity contribution is 7.89. The van der Waals surface area contributed by atoms with E-state index in [1.54, 1.807) is 18.2 Å². The maximum absolute atomic E-state index is 11.6. The lowest BCUT2D eigenvalue weighted by molar-refractivity contribution is 0.295. The Morgan fingerprint density at radius 2 is 2.17 bits per heavy atom. The monoisotopic (exact) mass is 293 g/mol. The summed E-state index contributed by atoms with van der Waals surface area (Å²) in [5.74, 6) is 0.420. The SMILES string of the molecule is COc1cccc(Cl)c1CNS(=O)(=O)CCCO. The van der Waals surface area contributed by atoms with Crippen molar-refractivity contribution >= 4 is 21.6 Å². The van der Waals surface area contributed by atoms with Crippen LogP contribution in [0, 0.1) is 0 Å². The van der Waals surface area contributed by atoms with Gasteiger partial charge in [0, 0.05) is 23.7 Å². The Morgan fingerprint density at radius 3 is 2.78 bits per heavy atom. The number of ether oxygens (including phenoxy) is 1. The summed E-state index contributed by atoms with van der Waals surface area (Å²) in [7, 11) is -1.91. The van der Waals surface area contributed by atoms with E-state index in [0.717, 1.165) is 0 Å². The fraction of sp³-hybridized carbons (Fsp3) is 0.455. The minimum Gasteiger partial charge on any atom is -0.496 e. The van der Waals surface area contributed by atoms with Crippen LogP contribution in [-0.4, -0.2) is 33.0 Å². The van der Waals surface area contributed by atoms with Crippen molar-refractivity contribution in [1.29, 1.82) is 0 Å². The third kappa shape index (κ3) is 4.45. The molecule has 0 saturated heterocycles. The quantitative estimate of drug-likeness (QED) is 0.791. The second-order valence-electron chi connectivity index (χ2n) is 3.64.